The van der Waals surface area contributed by atoms with Gasteiger partial charge in [0.05, 0.1) is 29.2 Å². The number of ether oxygens (including phenoxy) is 2. The second-order valence-electron chi connectivity index (χ2n) is 8.54. The van der Waals surface area contributed by atoms with Crippen LogP contribution in [-0.4, -0.2) is 50.0 Å². The van der Waals surface area contributed by atoms with E-state index in [1.54, 1.807) is 6.07 Å². The van der Waals surface area contributed by atoms with Gasteiger partial charge in [0.2, 0.25) is 10.0 Å². The predicted octanol–water partition coefficient (Wildman–Crippen LogP) is 3.30. The van der Waals surface area contributed by atoms with E-state index in [0.717, 1.165) is 34.9 Å². The highest BCUT2D eigenvalue weighted by Crippen LogP contribution is 2.24. The number of benzene rings is 2. The molecule has 1 fully saturated rings. The summed E-state index contributed by atoms with van der Waals surface area (Å²) < 4.78 is 38.8. The molecule has 1 aliphatic heterocycles. The Labute approximate surface area is 198 Å². The summed E-state index contributed by atoms with van der Waals surface area (Å²) in [5.41, 5.74) is 3.08. The highest BCUT2D eigenvalue weighted by Gasteiger charge is 2.30. The lowest BCUT2D eigenvalue weighted by atomic mass is 10.0. The number of esters is 1. The van der Waals surface area contributed by atoms with Gasteiger partial charge >= 0.3 is 5.97 Å². The molecule has 9 heteroatoms. The third-order valence-corrected chi connectivity index (χ3v) is 8.15. The minimum Gasteiger partial charge on any atom is -0.465 e. The molecule has 180 valence electrons. The molecule has 0 aliphatic carbocycles. The monoisotopic (exact) mass is 484 g/mol. The summed E-state index contributed by atoms with van der Waals surface area (Å²) in [5.74, 6) is -0.548. The molecule has 1 N–H and O–H groups in total. The number of rotatable bonds is 7. The second-order valence-corrected chi connectivity index (χ2v) is 10.5. The second kappa shape index (κ2) is 9.69. The molecule has 0 saturated carbocycles. The summed E-state index contributed by atoms with van der Waals surface area (Å²) in [4.78, 5) is 27.6. The van der Waals surface area contributed by atoms with Gasteiger partial charge in [-0.3, -0.25) is 4.79 Å². The number of hydrogen-bond acceptors (Lipinski definition) is 6. The van der Waals surface area contributed by atoms with Gasteiger partial charge in [0.15, 0.2) is 0 Å². The molecule has 2 aromatic carbocycles. The zero-order valence-electron chi connectivity index (χ0n) is 19.5. The molecule has 8 nitrogen and oxygen atoms in total. The van der Waals surface area contributed by atoms with E-state index in [1.807, 2.05) is 26.0 Å². The van der Waals surface area contributed by atoms with Crippen LogP contribution in [0.15, 0.2) is 52.2 Å². The Morgan fingerprint density at radius 2 is 1.91 bits per heavy atom. The summed E-state index contributed by atoms with van der Waals surface area (Å²) in [6.07, 6.45) is 1.37. The van der Waals surface area contributed by atoms with E-state index >= 15 is 0 Å². The Kier molecular flexibility index (Phi) is 6.88. The number of fused-ring (bicyclic) bond motifs is 1. The third kappa shape index (κ3) is 4.77. The molecule has 0 amide bonds. The maximum absolute atomic E-state index is 13.6. The number of hydrogen-bond donors (Lipinski definition) is 1. The Morgan fingerprint density at radius 1 is 1.18 bits per heavy atom. The summed E-state index contributed by atoms with van der Waals surface area (Å²) in [6.45, 7) is 4.54. The largest absolute Gasteiger partial charge is 0.465 e. The number of pyridine rings is 1. The van der Waals surface area contributed by atoms with Crippen LogP contribution in [0.4, 0.5) is 0 Å². The van der Waals surface area contributed by atoms with Gasteiger partial charge < -0.3 is 14.5 Å². The van der Waals surface area contributed by atoms with Crippen LogP contribution in [0.25, 0.3) is 10.9 Å². The number of methoxy groups -OCH3 is 1. The minimum absolute atomic E-state index is 0.0295. The van der Waals surface area contributed by atoms with Crippen molar-refractivity contribution in [1.29, 1.82) is 0 Å². The summed E-state index contributed by atoms with van der Waals surface area (Å²) in [7, 11) is -2.71. The zero-order valence-corrected chi connectivity index (χ0v) is 20.3. The van der Waals surface area contributed by atoms with E-state index in [2.05, 4.69) is 9.72 Å². The lowest BCUT2D eigenvalue weighted by molar-refractivity contribution is 0.0600. The van der Waals surface area contributed by atoms with Gasteiger partial charge in [0.25, 0.3) is 5.56 Å². The highest BCUT2D eigenvalue weighted by atomic mass is 32.2. The molecule has 0 radical (unpaired) electrons. The number of aryl methyl sites for hydroxylation is 2. The quantitative estimate of drug-likeness (QED) is 0.516. The number of aromatic amines is 1. The van der Waals surface area contributed by atoms with Gasteiger partial charge in [-0.2, -0.15) is 4.31 Å². The highest BCUT2D eigenvalue weighted by molar-refractivity contribution is 7.89. The molecular formula is C25H28N2O6S. The van der Waals surface area contributed by atoms with E-state index in [0.29, 0.717) is 12.2 Å². The van der Waals surface area contributed by atoms with Crippen LogP contribution in [0.2, 0.25) is 0 Å². The lowest BCUT2D eigenvalue weighted by Gasteiger charge is -2.25. The van der Waals surface area contributed by atoms with Crippen LogP contribution in [-0.2, 0) is 26.0 Å². The van der Waals surface area contributed by atoms with E-state index in [-0.39, 0.29) is 35.2 Å². The maximum atomic E-state index is 13.6. The first-order chi connectivity index (χ1) is 16.2. The van der Waals surface area contributed by atoms with Gasteiger partial charge in [-0.1, -0.05) is 12.1 Å². The Hall–Kier alpha value is -3.01. The molecular weight excluding hydrogens is 456 g/mol. The topological polar surface area (TPSA) is 106 Å². The van der Waals surface area contributed by atoms with Crippen molar-refractivity contribution in [2.45, 2.75) is 44.2 Å². The number of carbonyl (C=O) groups is 1. The number of nitrogens with zero attached hydrogens (tertiary/aromatic N) is 1. The van der Waals surface area contributed by atoms with E-state index < -0.39 is 16.0 Å². The zero-order chi connectivity index (χ0) is 24.5. The van der Waals surface area contributed by atoms with Crippen LogP contribution in [0.3, 0.4) is 0 Å². The molecule has 1 aliphatic rings. The standard InChI is InChI=1S/C25H28N2O6S/c1-16-6-7-19-13-20(24(28)26-23(19)17(16)2)14-27(15-21-5-4-12-33-21)34(30,31)22-10-8-18(9-11-22)25(29)32-3/h6-11,13,21H,4-5,12,14-15H2,1-3H3,(H,26,28)/t21-/m0/s1. The number of sulfonamides is 1. The molecule has 0 bridgehead atoms. The van der Waals surface area contributed by atoms with Crippen molar-refractivity contribution < 1.29 is 22.7 Å². The predicted molar refractivity (Wildman–Crippen MR) is 128 cm³/mol. The lowest BCUT2D eigenvalue weighted by Crippen LogP contribution is -2.38. The van der Waals surface area contributed by atoms with Crippen molar-refractivity contribution in [3.63, 3.8) is 0 Å². The van der Waals surface area contributed by atoms with Crippen molar-refractivity contribution in [2.24, 2.45) is 0 Å². The molecule has 1 atom stereocenters. The summed E-state index contributed by atoms with van der Waals surface area (Å²) >= 11 is 0. The van der Waals surface area contributed by atoms with Gasteiger partial charge in [-0.15, -0.1) is 0 Å². The van der Waals surface area contributed by atoms with Gasteiger partial charge in [-0.05, 0) is 73.5 Å². The molecule has 0 spiro atoms. The fourth-order valence-corrected chi connectivity index (χ4v) is 5.62. The number of nitrogens with one attached hydrogen (secondary N) is 1. The fourth-order valence-electron chi connectivity index (χ4n) is 4.17. The molecule has 4 rings (SSSR count). The van der Waals surface area contributed by atoms with Gasteiger partial charge in [-0.25, -0.2) is 13.2 Å². The number of carbonyl (C=O) groups excluding carboxylic acids is 1. The Bertz CT molecular complexity index is 1370. The average Bonchev–Trinajstić information content (AvgIpc) is 3.35. The molecule has 2 heterocycles. The smallest absolute Gasteiger partial charge is 0.337 e. The molecule has 1 aromatic heterocycles. The summed E-state index contributed by atoms with van der Waals surface area (Å²) in [6, 6.07) is 11.2. The molecule has 3 aromatic rings. The Balaban J connectivity index is 1.71. The van der Waals surface area contributed by atoms with Gasteiger partial charge in [0, 0.05) is 25.3 Å². The Morgan fingerprint density at radius 3 is 2.56 bits per heavy atom. The molecule has 34 heavy (non-hydrogen) atoms. The van der Waals surface area contributed by atoms with Crippen LogP contribution in [0, 0.1) is 13.8 Å². The average molecular weight is 485 g/mol. The fraction of sp³-hybridized carbons (Fsp3) is 0.360. The first-order valence-corrected chi connectivity index (χ1v) is 12.6. The van der Waals surface area contributed by atoms with Crippen molar-refractivity contribution >= 4 is 26.9 Å². The van der Waals surface area contributed by atoms with Crippen molar-refractivity contribution in [2.75, 3.05) is 20.3 Å². The van der Waals surface area contributed by atoms with Crippen molar-refractivity contribution in [1.82, 2.24) is 9.29 Å². The van der Waals surface area contributed by atoms with Gasteiger partial charge in [0.1, 0.15) is 0 Å². The minimum atomic E-state index is -3.97. The van der Waals surface area contributed by atoms with Crippen molar-refractivity contribution in [3.8, 4) is 0 Å². The number of H-pyrrole nitrogens is 1. The molecule has 1 saturated heterocycles. The first kappa shape index (κ1) is 24.1. The first-order valence-electron chi connectivity index (χ1n) is 11.1. The van der Waals surface area contributed by atoms with Crippen LogP contribution < -0.4 is 5.56 Å². The van der Waals surface area contributed by atoms with E-state index in [9.17, 15) is 18.0 Å². The maximum Gasteiger partial charge on any atom is 0.337 e. The van der Waals surface area contributed by atoms with E-state index in [1.165, 1.54) is 35.7 Å². The van der Waals surface area contributed by atoms with Crippen LogP contribution >= 0.6 is 0 Å². The van der Waals surface area contributed by atoms with Crippen LogP contribution in [0.5, 0.6) is 0 Å². The molecule has 0 unspecified atom stereocenters. The SMILES string of the molecule is COC(=O)c1ccc(S(=O)(=O)N(Cc2cc3ccc(C)c(C)c3[nH]c2=O)C[C@@H]2CCCO2)cc1. The van der Waals surface area contributed by atoms with Crippen LogP contribution in [0.1, 0.15) is 39.9 Å². The third-order valence-electron chi connectivity index (χ3n) is 6.32. The number of aromatic nitrogens is 1. The van der Waals surface area contributed by atoms with E-state index in [4.69, 9.17) is 4.74 Å². The normalized spacial score (nSPS) is 16.3. The van der Waals surface area contributed by atoms with Crippen molar-refractivity contribution in [3.05, 3.63) is 75.1 Å². The summed E-state index contributed by atoms with van der Waals surface area (Å²) in [5, 5.41) is 0.842.